The number of nitrogens with one attached hydrogen (secondary N) is 1. The number of carbonyl (C=O) groups is 1. The number of alkyl halides is 3. The zero-order valence-electron chi connectivity index (χ0n) is 13.8. The van der Waals surface area contributed by atoms with Crippen molar-refractivity contribution >= 4 is 5.91 Å². The van der Waals surface area contributed by atoms with Gasteiger partial charge in [0, 0.05) is 6.04 Å². The van der Waals surface area contributed by atoms with Crippen LogP contribution in [0.15, 0.2) is 30.5 Å². The highest BCUT2D eigenvalue weighted by Crippen LogP contribution is 2.30. The van der Waals surface area contributed by atoms with E-state index in [1.54, 1.807) is 6.92 Å². The molecule has 0 radical (unpaired) electrons. The quantitative estimate of drug-likeness (QED) is 0.891. The smallest absolute Gasteiger partial charge is 0.349 e. The number of halogens is 3. The Labute approximate surface area is 138 Å². The molecule has 4 nitrogen and oxygen atoms in total. The third kappa shape index (κ3) is 3.77. The van der Waals surface area contributed by atoms with Crippen LogP contribution in [0.25, 0.3) is 5.69 Å². The molecule has 7 heteroatoms. The number of rotatable bonds is 5. The van der Waals surface area contributed by atoms with E-state index >= 15 is 0 Å². The second-order valence-electron chi connectivity index (χ2n) is 5.59. The summed E-state index contributed by atoms with van der Waals surface area (Å²) in [7, 11) is 0. The van der Waals surface area contributed by atoms with E-state index in [9.17, 15) is 18.0 Å². The molecule has 0 unspecified atom stereocenters. The molecule has 0 bridgehead atoms. The number of carbonyl (C=O) groups excluding carboxylic acids is 1. The Kier molecular flexibility index (Phi) is 5.31. The predicted octanol–water partition coefficient (Wildman–Crippen LogP) is 4.12. The fourth-order valence-electron chi connectivity index (χ4n) is 2.46. The minimum atomic E-state index is -4.42. The van der Waals surface area contributed by atoms with Crippen molar-refractivity contribution in [2.45, 2.75) is 45.8 Å². The molecule has 1 aromatic heterocycles. The molecule has 0 aliphatic carbocycles. The third-order valence-corrected chi connectivity index (χ3v) is 3.99. The summed E-state index contributed by atoms with van der Waals surface area (Å²) in [4.78, 5) is 12.3. The van der Waals surface area contributed by atoms with E-state index in [4.69, 9.17) is 0 Å². The number of amides is 1. The lowest BCUT2D eigenvalue weighted by Crippen LogP contribution is -2.34. The monoisotopic (exact) mass is 339 g/mol. The molecule has 0 spiro atoms. The summed E-state index contributed by atoms with van der Waals surface area (Å²) >= 11 is 0. The Morgan fingerprint density at radius 1 is 1.29 bits per heavy atom. The maximum absolute atomic E-state index is 12.8. The lowest BCUT2D eigenvalue weighted by molar-refractivity contribution is -0.137. The van der Waals surface area contributed by atoms with Gasteiger partial charge in [-0.1, -0.05) is 19.9 Å². The van der Waals surface area contributed by atoms with Crippen LogP contribution in [0.2, 0.25) is 0 Å². The van der Waals surface area contributed by atoms with E-state index in [0.29, 0.717) is 11.3 Å². The van der Waals surface area contributed by atoms with Gasteiger partial charge in [-0.2, -0.15) is 18.3 Å². The first kappa shape index (κ1) is 18.0. The molecular weight excluding hydrogens is 319 g/mol. The maximum atomic E-state index is 12.8. The van der Waals surface area contributed by atoms with Gasteiger partial charge in [0.05, 0.1) is 28.7 Å². The highest BCUT2D eigenvalue weighted by atomic mass is 19.4. The molecule has 2 rings (SSSR count). The molecule has 1 aromatic carbocycles. The largest absolute Gasteiger partial charge is 0.416 e. The zero-order chi connectivity index (χ0) is 17.9. The average Bonchev–Trinajstić information content (AvgIpc) is 2.93. The van der Waals surface area contributed by atoms with Gasteiger partial charge in [0.1, 0.15) is 0 Å². The van der Waals surface area contributed by atoms with Crippen molar-refractivity contribution in [2.75, 3.05) is 0 Å². The van der Waals surface area contributed by atoms with Crippen molar-refractivity contribution in [3.05, 3.63) is 47.3 Å². The molecule has 1 heterocycles. The first-order chi connectivity index (χ1) is 11.3. The highest BCUT2D eigenvalue weighted by Gasteiger charge is 2.30. The van der Waals surface area contributed by atoms with Crippen LogP contribution in [0.3, 0.4) is 0 Å². The molecule has 0 saturated carbocycles. The number of benzene rings is 1. The molecule has 0 saturated heterocycles. The summed E-state index contributed by atoms with van der Waals surface area (Å²) in [5, 5.41) is 6.98. The van der Waals surface area contributed by atoms with Crippen LogP contribution in [-0.2, 0) is 6.18 Å². The van der Waals surface area contributed by atoms with Gasteiger partial charge in [0.2, 0.25) is 0 Å². The second-order valence-corrected chi connectivity index (χ2v) is 5.59. The standard InChI is InChI=1S/C17H20F3N3O/c1-4-13(5-2)22-16(24)15-10-21-23(11(15)3)14-8-6-7-12(9-14)17(18,19)20/h6-10,13H,4-5H2,1-3H3,(H,22,24). The van der Waals surface area contributed by atoms with Crippen LogP contribution in [0.4, 0.5) is 13.2 Å². The van der Waals surface area contributed by atoms with Crippen LogP contribution in [-0.4, -0.2) is 21.7 Å². The van der Waals surface area contributed by atoms with Crippen molar-refractivity contribution in [3.63, 3.8) is 0 Å². The summed E-state index contributed by atoms with van der Waals surface area (Å²) < 4.78 is 39.9. The molecule has 130 valence electrons. The normalized spacial score (nSPS) is 11.8. The van der Waals surface area contributed by atoms with E-state index < -0.39 is 11.7 Å². The molecule has 0 aliphatic rings. The fourth-order valence-corrected chi connectivity index (χ4v) is 2.46. The highest BCUT2D eigenvalue weighted by molar-refractivity contribution is 5.95. The first-order valence-corrected chi connectivity index (χ1v) is 7.81. The molecule has 0 fully saturated rings. The van der Waals surface area contributed by atoms with Crippen molar-refractivity contribution in [2.24, 2.45) is 0 Å². The Balaban J connectivity index is 2.32. The van der Waals surface area contributed by atoms with Gasteiger partial charge in [-0.3, -0.25) is 4.79 Å². The molecular formula is C17H20F3N3O. The molecule has 1 amide bonds. The third-order valence-electron chi connectivity index (χ3n) is 3.99. The SMILES string of the molecule is CCC(CC)NC(=O)c1cnn(-c2cccc(C(F)(F)F)c2)c1C. The zero-order valence-corrected chi connectivity index (χ0v) is 13.8. The van der Waals surface area contributed by atoms with Gasteiger partial charge >= 0.3 is 6.18 Å². The number of hydrogen-bond acceptors (Lipinski definition) is 2. The van der Waals surface area contributed by atoms with Crippen LogP contribution in [0, 0.1) is 6.92 Å². The van der Waals surface area contributed by atoms with Crippen LogP contribution in [0.5, 0.6) is 0 Å². The summed E-state index contributed by atoms with van der Waals surface area (Å²) in [5.74, 6) is -0.264. The van der Waals surface area contributed by atoms with Crippen molar-refractivity contribution < 1.29 is 18.0 Å². The first-order valence-electron chi connectivity index (χ1n) is 7.81. The Bertz CT molecular complexity index is 718. The summed E-state index contributed by atoms with van der Waals surface area (Å²) in [6, 6.07) is 4.93. The van der Waals surface area contributed by atoms with Crippen molar-refractivity contribution in [1.29, 1.82) is 0 Å². The molecule has 1 N–H and O–H groups in total. The summed E-state index contributed by atoms with van der Waals surface area (Å²) in [6.07, 6.45) is -1.42. The van der Waals surface area contributed by atoms with Gasteiger partial charge in [-0.25, -0.2) is 4.68 Å². The minimum absolute atomic E-state index is 0.0637. The summed E-state index contributed by atoms with van der Waals surface area (Å²) in [6.45, 7) is 5.62. The molecule has 2 aromatic rings. The second kappa shape index (κ2) is 7.07. The molecule has 24 heavy (non-hydrogen) atoms. The van der Waals surface area contributed by atoms with Gasteiger partial charge in [0.15, 0.2) is 0 Å². The number of hydrogen-bond donors (Lipinski definition) is 1. The number of nitrogens with zero attached hydrogens (tertiary/aromatic N) is 2. The number of aromatic nitrogens is 2. The van der Waals surface area contributed by atoms with Gasteiger partial charge in [-0.05, 0) is 38.0 Å². The topological polar surface area (TPSA) is 46.9 Å². The Morgan fingerprint density at radius 3 is 2.54 bits per heavy atom. The maximum Gasteiger partial charge on any atom is 0.416 e. The average molecular weight is 339 g/mol. The fraction of sp³-hybridized carbons (Fsp3) is 0.412. The van der Waals surface area contributed by atoms with Crippen molar-refractivity contribution in [3.8, 4) is 5.69 Å². The molecule has 0 aliphatic heterocycles. The van der Waals surface area contributed by atoms with Crippen LogP contribution >= 0.6 is 0 Å². The van der Waals surface area contributed by atoms with Crippen LogP contribution < -0.4 is 5.32 Å². The van der Waals surface area contributed by atoms with E-state index in [1.165, 1.54) is 23.0 Å². The lowest BCUT2D eigenvalue weighted by Gasteiger charge is -2.14. The van der Waals surface area contributed by atoms with Gasteiger partial charge in [0.25, 0.3) is 5.91 Å². The lowest BCUT2D eigenvalue weighted by atomic mass is 10.1. The van der Waals surface area contributed by atoms with Gasteiger partial charge < -0.3 is 5.32 Å². The van der Waals surface area contributed by atoms with E-state index in [2.05, 4.69) is 10.4 Å². The Hall–Kier alpha value is -2.31. The van der Waals surface area contributed by atoms with E-state index in [-0.39, 0.29) is 17.6 Å². The minimum Gasteiger partial charge on any atom is -0.349 e. The van der Waals surface area contributed by atoms with E-state index in [1.807, 2.05) is 13.8 Å². The van der Waals surface area contributed by atoms with Crippen molar-refractivity contribution in [1.82, 2.24) is 15.1 Å². The molecule has 0 atom stereocenters. The van der Waals surface area contributed by atoms with E-state index in [0.717, 1.165) is 25.0 Å². The van der Waals surface area contributed by atoms with Crippen LogP contribution in [0.1, 0.15) is 48.3 Å². The predicted molar refractivity (Wildman–Crippen MR) is 85.1 cm³/mol. The van der Waals surface area contributed by atoms with Gasteiger partial charge in [-0.15, -0.1) is 0 Å². The Morgan fingerprint density at radius 2 is 1.96 bits per heavy atom. The summed E-state index contributed by atoms with van der Waals surface area (Å²) in [5.41, 5.74) is 0.374.